The van der Waals surface area contributed by atoms with Crippen molar-refractivity contribution in [2.24, 2.45) is 0 Å². The van der Waals surface area contributed by atoms with Crippen LogP contribution in [0.4, 0.5) is 0 Å². The van der Waals surface area contributed by atoms with Crippen molar-refractivity contribution in [2.75, 3.05) is 6.26 Å². The molecular formula is C5H6NNaO4S3. The predicted octanol–water partition coefficient (Wildman–Crippen LogP) is -2.10. The molecule has 1 rings (SSSR count). The maximum atomic E-state index is 11.0. The molecule has 0 fully saturated rings. The Balaban J connectivity index is 0.00000169. The monoisotopic (exact) mass is 263 g/mol. The summed E-state index contributed by atoms with van der Waals surface area (Å²) in [5.41, 5.74) is 0. The zero-order valence-corrected chi connectivity index (χ0v) is 12.0. The van der Waals surface area contributed by atoms with E-state index >= 15 is 0 Å². The van der Waals surface area contributed by atoms with Gasteiger partial charge in [0.25, 0.3) is 0 Å². The van der Waals surface area contributed by atoms with Gasteiger partial charge in [0.15, 0.2) is 9.84 Å². The number of rotatable bonds is 2. The molecule has 14 heavy (non-hydrogen) atoms. The fourth-order valence-electron chi connectivity index (χ4n) is 0.753. The van der Waals surface area contributed by atoms with E-state index in [0.717, 1.165) is 23.7 Å². The van der Waals surface area contributed by atoms with Gasteiger partial charge < -0.3 is 5.14 Å². The summed E-state index contributed by atoms with van der Waals surface area (Å²) in [6, 6.07) is 1.11. The van der Waals surface area contributed by atoms with Crippen molar-refractivity contribution >= 4 is 31.2 Å². The summed E-state index contributed by atoms with van der Waals surface area (Å²) >= 11 is 0.796. The molecule has 1 heterocycles. The van der Waals surface area contributed by atoms with Crippen LogP contribution in [0.2, 0.25) is 0 Å². The summed E-state index contributed by atoms with van der Waals surface area (Å²) in [7, 11) is -7.75. The number of sulfonamides is 1. The second-order valence-corrected chi connectivity index (χ2v) is 6.92. The van der Waals surface area contributed by atoms with Gasteiger partial charge in [-0.15, -0.1) is 11.3 Å². The fourth-order valence-corrected chi connectivity index (χ4v) is 4.37. The van der Waals surface area contributed by atoms with Gasteiger partial charge >= 0.3 is 29.6 Å². The predicted molar refractivity (Wildman–Crippen MR) is 48.9 cm³/mol. The normalized spacial score (nSPS) is 12.1. The summed E-state index contributed by atoms with van der Waals surface area (Å²) < 4.78 is 43.3. The summed E-state index contributed by atoms with van der Waals surface area (Å²) in [5.74, 6) is 0. The minimum absolute atomic E-state index is 0. The van der Waals surface area contributed by atoms with E-state index in [1.807, 2.05) is 0 Å². The number of hydrogen-bond donors (Lipinski definition) is 0. The van der Waals surface area contributed by atoms with Crippen molar-refractivity contribution in [1.29, 1.82) is 0 Å². The first-order valence-electron chi connectivity index (χ1n) is 3.00. The molecule has 0 aliphatic carbocycles. The summed E-state index contributed by atoms with van der Waals surface area (Å²) in [6.07, 6.45) is 0.910. The molecule has 0 radical (unpaired) electrons. The van der Waals surface area contributed by atoms with Crippen molar-refractivity contribution in [3.8, 4) is 0 Å². The van der Waals surface area contributed by atoms with E-state index in [0.29, 0.717) is 0 Å². The van der Waals surface area contributed by atoms with Gasteiger partial charge in [0.2, 0.25) is 0 Å². The standard InChI is InChI=1S/C5H6NO4S3.Na/c1-12(7,8)5-4(2-3-11-5)13(6,9)10;/h2-3H,1H3,(H-,6,9,10);/q-1;+1. The Hall–Kier alpha value is 0.560. The molecule has 0 amide bonds. The Morgan fingerprint density at radius 1 is 1.29 bits per heavy atom. The number of nitrogens with one attached hydrogen (secondary N) is 1. The first kappa shape index (κ1) is 14.6. The van der Waals surface area contributed by atoms with Gasteiger partial charge in [-0.05, 0) is 11.4 Å². The third-order valence-electron chi connectivity index (χ3n) is 1.22. The minimum atomic E-state index is -4.19. The Bertz CT molecular complexity index is 468. The van der Waals surface area contributed by atoms with Crippen LogP contribution in [0.5, 0.6) is 0 Å². The van der Waals surface area contributed by atoms with E-state index in [4.69, 9.17) is 5.14 Å². The van der Waals surface area contributed by atoms with Crippen LogP contribution < -0.4 is 29.6 Å². The number of hydrogen-bond acceptors (Lipinski definition) is 5. The molecule has 1 N–H and O–H groups in total. The molecule has 74 valence electrons. The van der Waals surface area contributed by atoms with E-state index in [1.165, 1.54) is 5.38 Å². The van der Waals surface area contributed by atoms with Crippen LogP contribution in [0.25, 0.3) is 5.14 Å². The van der Waals surface area contributed by atoms with E-state index in [-0.39, 0.29) is 33.8 Å². The average molecular weight is 263 g/mol. The van der Waals surface area contributed by atoms with Gasteiger partial charge in [-0.2, -0.15) is 0 Å². The van der Waals surface area contributed by atoms with Crippen LogP contribution in [0, 0.1) is 0 Å². The molecule has 0 aliphatic rings. The second-order valence-electron chi connectivity index (χ2n) is 2.35. The van der Waals surface area contributed by atoms with Crippen LogP contribution >= 0.6 is 11.3 Å². The molecule has 1 aromatic rings. The zero-order valence-electron chi connectivity index (χ0n) is 7.51. The summed E-state index contributed by atoms with van der Waals surface area (Å²) in [5, 5.41) is 8.06. The SMILES string of the molecule is CS(=O)(=O)c1sccc1S([NH-])(=O)=O.[Na+]. The summed E-state index contributed by atoms with van der Waals surface area (Å²) in [6.45, 7) is 0. The van der Waals surface area contributed by atoms with Crippen molar-refractivity contribution in [3.05, 3.63) is 16.6 Å². The Kier molecular flexibility index (Phi) is 4.79. The minimum Gasteiger partial charge on any atom is -0.560 e. The average Bonchev–Trinajstić information content (AvgIpc) is 2.27. The molecule has 0 aromatic carbocycles. The topological polar surface area (TPSA) is 92.1 Å². The molecule has 0 aliphatic heterocycles. The van der Waals surface area contributed by atoms with Crippen molar-refractivity contribution in [1.82, 2.24) is 0 Å². The number of sulfone groups is 1. The molecule has 0 bridgehead atoms. The zero-order chi connectivity index (χ0) is 10.3. The van der Waals surface area contributed by atoms with E-state index < -0.39 is 24.8 Å². The molecule has 0 atom stereocenters. The number of thiophene rings is 1. The Labute approximate surface area is 109 Å². The van der Waals surface area contributed by atoms with Crippen LogP contribution in [0.1, 0.15) is 0 Å². The Morgan fingerprint density at radius 2 is 1.79 bits per heavy atom. The first-order valence-corrected chi connectivity index (χ1v) is 7.25. The van der Waals surface area contributed by atoms with Crippen LogP contribution in [-0.4, -0.2) is 23.1 Å². The maximum Gasteiger partial charge on any atom is 1.00 e. The van der Waals surface area contributed by atoms with Gasteiger partial charge in [-0.1, -0.05) is 0 Å². The molecular weight excluding hydrogens is 257 g/mol. The van der Waals surface area contributed by atoms with Gasteiger partial charge in [0.05, 0.1) is 4.90 Å². The molecule has 0 saturated carbocycles. The quantitative estimate of drug-likeness (QED) is 0.571. The van der Waals surface area contributed by atoms with Crippen LogP contribution in [0.15, 0.2) is 20.6 Å². The largest absolute Gasteiger partial charge is 1.00 e. The molecule has 0 spiro atoms. The van der Waals surface area contributed by atoms with E-state index in [2.05, 4.69) is 0 Å². The van der Waals surface area contributed by atoms with Crippen molar-refractivity contribution in [3.63, 3.8) is 0 Å². The van der Waals surface area contributed by atoms with Gasteiger partial charge in [0.1, 0.15) is 14.2 Å². The molecule has 0 saturated heterocycles. The molecule has 1 aromatic heterocycles. The third kappa shape index (κ3) is 3.30. The van der Waals surface area contributed by atoms with E-state index in [9.17, 15) is 16.8 Å². The molecule has 9 heteroatoms. The third-order valence-corrected chi connectivity index (χ3v) is 5.20. The molecule has 0 unspecified atom stereocenters. The first-order chi connectivity index (χ1) is 5.73. The smallest absolute Gasteiger partial charge is 0.560 e. The van der Waals surface area contributed by atoms with Crippen LogP contribution in [0.3, 0.4) is 0 Å². The van der Waals surface area contributed by atoms with Crippen molar-refractivity contribution in [2.45, 2.75) is 9.10 Å². The van der Waals surface area contributed by atoms with Crippen molar-refractivity contribution < 1.29 is 46.4 Å². The van der Waals surface area contributed by atoms with Crippen LogP contribution in [-0.2, 0) is 19.9 Å². The van der Waals surface area contributed by atoms with Gasteiger partial charge in [-0.3, -0.25) is 0 Å². The van der Waals surface area contributed by atoms with Gasteiger partial charge in [-0.25, -0.2) is 16.8 Å². The summed E-state index contributed by atoms with van der Waals surface area (Å²) in [4.78, 5) is -0.444. The van der Waals surface area contributed by atoms with E-state index in [1.54, 1.807) is 0 Å². The maximum absolute atomic E-state index is 11.0. The second kappa shape index (κ2) is 4.60. The Morgan fingerprint density at radius 3 is 2.07 bits per heavy atom. The molecule has 5 nitrogen and oxygen atoms in total. The van der Waals surface area contributed by atoms with Gasteiger partial charge in [0, 0.05) is 6.26 Å². The fraction of sp³-hybridized carbons (Fsp3) is 0.200.